The molecule has 1 fully saturated rings. The average molecular weight is 394 g/mol. The number of likely N-dealkylation sites (tertiary alicyclic amines) is 1. The fourth-order valence-corrected chi connectivity index (χ4v) is 4.57. The molecule has 3 rings (SSSR count). The molecule has 0 saturated carbocycles. The maximum absolute atomic E-state index is 12.3. The summed E-state index contributed by atoms with van der Waals surface area (Å²) in [6.07, 6.45) is 2.59. The van der Waals surface area contributed by atoms with Crippen molar-refractivity contribution in [2.45, 2.75) is 25.2 Å². The number of thiazole rings is 1. The molecule has 2 aromatic rings. The molecule has 0 spiro atoms. The number of hydrogen-bond acceptors (Lipinski definition) is 5. The van der Waals surface area contributed by atoms with E-state index in [1.807, 2.05) is 25.1 Å². The standard InChI is InChI=1S/C18H23N3O3S2/c1-14-20-16(13-25-14)18(15-6-4-3-5-7-15)8-10-21(11-9-18)17(22)12-19-26(2,23)24/h3-7,13,19H,8-12H2,1-2H3. The number of carbonyl (C=O) groups excluding carboxylic acids is 1. The van der Waals surface area contributed by atoms with Crippen molar-refractivity contribution in [2.75, 3.05) is 25.9 Å². The number of hydrogen-bond donors (Lipinski definition) is 1. The van der Waals surface area contributed by atoms with E-state index in [4.69, 9.17) is 4.98 Å². The molecule has 0 atom stereocenters. The molecule has 1 saturated heterocycles. The van der Waals surface area contributed by atoms with Gasteiger partial charge in [0.05, 0.1) is 23.5 Å². The SMILES string of the molecule is Cc1nc(C2(c3ccccc3)CCN(C(=O)CNS(C)(=O)=O)CC2)cs1. The summed E-state index contributed by atoms with van der Waals surface area (Å²) in [4.78, 5) is 18.8. The van der Waals surface area contributed by atoms with E-state index in [1.165, 1.54) is 5.56 Å². The van der Waals surface area contributed by atoms with E-state index in [9.17, 15) is 13.2 Å². The van der Waals surface area contributed by atoms with Gasteiger partial charge in [-0.05, 0) is 25.3 Å². The summed E-state index contributed by atoms with van der Waals surface area (Å²) < 4.78 is 24.7. The quantitative estimate of drug-likeness (QED) is 0.842. The molecular formula is C18H23N3O3S2. The van der Waals surface area contributed by atoms with Crippen molar-refractivity contribution < 1.29 is 13.2 Å². The Balaban J connectivity index is 1.79. The Labute approximate surface area is 158 Å². The molecule has 1 aliphatic rings. The highest BCUT2D eigenvalue weighted by atomic mass is 32.2. The van der Waals surface area contributed by atoms with Gasteiger partial charge in [0.2, 0.25) is 15.9 Å². The second kappa shape index (κ2) is 7.46. The Hall–Kier alpha value is -1.77. The van der Waals surface area contributed by atoms with Crippen molar-refractivity contribution in [3.05, 3.63) is 52.0 Å². The van der Waals surface area contributed by atoms with Crippen LogP contribution in [0.2, 0.25) is 0 Å². The predicted octanol–water partition coefficient (Wildman–Crippen LogP) is 1.91. The Morgan fingerprint density at radius 2 is 1.92 bits per heavy atom. The third kappa shape index (κ3) is 4.13. The van der Waals surface area contributed by atoms with Gasteiger partial charge in [0.1, 0.15) is 0 Å². The van der Waals surface area contributed by atoms with Crippen molar-refractivity contribution in [3.63, 3.8) is 0 Å². The molecule has 6 nitrogen and oxygen atoms in total. The molecule has 0 unspecified atom stereocenters. The van der Waals surface area contributed by atoms with Gasteiger partial charge in [-0.3, -0.25) is 4.79 Å². The number of nitrogens with zero attached hydrogens (tertiary/aromatic N) is 2. The first-order valence-electron chi connectivity index (χ1n) is 8.51. The zero-order chi connectivity index (χ0) is 18.8. The number of aromatic nitrogens is 1. The number of carbonyl (C=O) groups is 1. The molecule has 1 N–H and O–H groups in total. The molecule has 0 radical (unpaired) electrons. The molecule has 8 heteroatoms. The molecule has 26 heavy (non-hydrogen) atoms. The largest absolute Gasteiger partial charge is 0.341 e. The van der Waals surface area contributed by atoms with Crippen molar-refractivity contribution in [1.29, 1.82) is 0 Å². The molecule has 140 valence electrons. The average Bonchev–Trinajstić information content (AvgIpc) is 3.07. The van der Waals surface area contributed by atoms with Gasteiger partial charge in [-0.1, -0.05) is 30.3 Å². The van der Waals surface area contributed by atoms with Crippen LogP contribution >= 0.6 is 11.3 Å². The maximum atomic E-state index is 12.3. The van der Waals surface area contributed by atoms with Gasteiger partial charge in [0.25, 0.3) is 0 Å². The molecule has 1 aliphatic heterocycles. The summed E-state index contributed by atoms with van der Waals surface area (Å²) in [5.41, 5.74) is 2.08. The smallest absolute Gasteiger partial charge is 0.237 e. The minimum Gasteiger partial charge on any atom is -0.341 e. The Bertz CT molecular complexity index is 870. The van der Waals surface area contributed by atoms with Crippen molar-refractivity contribution in [1.82, 2.24) is 14.6 Å². The minimum absolute atomic E-state index is 0.188. The predicted molar refractivity (Wildman–Crippen MR) is 103 cm³/mol. The molecule has 0 aliphatic carbocycles. The van der Waals surface area contributed by atoms with Gasteiger partial charge in [-0.15, -0.1) is 11.3 Å². The van der Waals surface area contributed by atoms with E-state index in [1.54, 1.807) is 16.2 Å². The highest BCUT2D eigenvalue weighted by Crippen LogP contribution is 2.41. The monoisotopic (exact) mass is 393 g/mol. The molecule has 2 heterocycles. The first-order chi connectivity index (χ1) is 12.3. The molecule has 1 amide bonds. The van der Waals surface area contributed by atoms with Gasteiger partial charge < -0.3 is 4.90 Å². The summed E-state index contributed by atoms with van der Waals surface area (Å²) >= 11 is 1.64. The van der Waals surface area contributed by atoms with Crippen LogP contribution in [0.15, 0.2) is 35.7 Å². The van der Waals surface area contributed by atoms with E-state index in [2.05, 4.69) is 22.2 Å². The summed E-state index contributed by atoms with van der Waals surface area (Å²) in [7, 11) is -3.37. The van der Waals surface area contributed by atoms with E-state index < -0.39 is 10.0 Å². The summed E-state index contributed by atoms with van der Waals surface area (Å²) in [6, 6.07) is 10.3. The zero-order valence-corrected chi connectivity index (χ0v) is 16.6. The van der Waals surface area contributed by atoms with Crippen LogP contribution in [0.25, 0.3) is 0 Å². The first-order valence-corrected chi connectivity index (χ1v) is 11.3. The number of benzene rings is 1. The number of nitrogens with one attached hydrogen (secondary N) is 1. The lowest BCUT2D eigenvalue weighted by Crippen LogP contribution is -2.48. The normalized spacial score (nSPS) is 17.2. The minimum atomic E-state index is -3.37. The van der Waals surface area contributed by atoms with Gasteiger partial charge in [0.15, 0.2) is 0 Å². The molecule has 1 aromatic heterocycles. The number of amides is 1. The van der Waals surface area contributed by atoms with Gasteiger partial charge in [-0.2, -0.15) is 0 Å². The van der Waals surface area contributed by atoms with Crippen molar-refractivity contribution in [3.8, 4) is 0 Å². The van der Waals surface area contributed by atoms with Crippen LogP contribution in [-0.4, -0.2) is 50.1 Å². The van der Waals surface area contributed by atoms with Gasteiger partial charge in [0, 0.05) is 23.9 Å². The third-order valence-corrected chi connectivity index (χ3v) is 6.33. The summed E-state index contributed by atoms with van der Waals surface area (Å²) in [5, 5.41) is 3.15. The Morgan fingerprint density at radius 1 is 1.27 bits per heavy atom. The topological polar surface area (TPSA) is 79.4 Å². The van der Waals surface area contributed by atoms with E-state index in [0.29, 0.717) is 13.1 Å². The highest BCUT2D eigenvalue weighted by Gasteiger charge is 2.40. The Morgan fingerprint density at radius 3 is 2.46 bits per heavy atom. The van der Waals surface area contributed by atoms with Crippen LogP contribution < -0.4 is 4.72 Å². The summed E-state index contributed by atoms with van der Waals surface area (Å²) in [6.45, 7) is 2.97. The first kappa shape index (κ1) is 19.0. The van der Waals surface area contributed by atoms with Crippen molar-refractivity contribution >= 4 is 27.3 Å². The Kier molecular flexibility index (Phi) is 5.45. The van der Waals surface area contributed by atoms with E-state index in [0.717, 1.165) is 29.8 Å². The lowest BCUT2D eigenvalue weighted by Gasteiger charge is -2.41. The second-order valence-electron chi connectivity index (χ2n) is 6.67. The van der Waals surface area contributed by atoms with E-state index >= 15 is 0 Å². The third-order valence-electron chi connectivity index (χ3n) is 4.89. The van der Waals surface area contributed by atoms with Crippen LogP contribution in [0.3, 0.4) is 0 Å². The van der Waals surface area contributed by atoms with Crippen LogP contribution in [-0.2, 0) is 20.2 Å². The molecule has 1 aromatic carbocycles. The number of aryl methyl sites for hydroxylation is 1. The molecule has 0 bridgehead atoms. The second-order valence-corrected chi connectivity index (χ2v) is 9.57. The lowest BCUT2D eigenvalue weighted by molar-refractivity contribution is -0.131. The zero-order valence-electron chi connectivity index (χ0n) is 14.9. The summed E-state index contributed by atoms with van der Waals surface area (Å²) in [5.74, 6) is -0.188. The van der Waals surface area contributed by atoms with Gasteiger partial charge in [-0.25, -0.2) is 18.1 Å². The number of sulfonamides is 1. The van der Waals surface area contributed by atoms with Crippen LogP contribution in [0.1, 0.15) is 29.1 Å². The van der Waals surface area contributed by atoms with Crippen LogP contribution in [0.5, 0.6) is 0 Å². The fourth-order valence-electron chi connectivity index (χ4n) is 3.48. The van der Waals surface area contributed by atoms with Gasteiger partial charge >= 0.3 is 0 Å². The maximum Gasteiger partial charge on any atom is 0.237 e. The number of piperidine rings is 1. The van der Waals surface area contributed by atoms with Crippen LogP contribution in [0, 0.1) is 6.92 Å². The molecular weight excluding hydrogens is 370 g/mol. The number of rotatable bonds is 5. The highest BCUT2D eigenvalue weighted by molar-refractivity contribution is 7.88. The fraction of sp³-hybridized carbons (Fsp3) is 0.444. The van der Waals surface area contributed by atoms with Crippen molar-refractivity contribution in [2.24, 2.45) is 0 Å². The van der Waals surface area contributed by atoms with E-state index in [-0.39, 0.29) is 17.9 Å². The van der Waals surface area contributed by atoms with Crippen LogP contribution in [0.4, 0.5) is 0 Å². The lowest BCUT2D eigenvalue weighted by atomic mass is 9.70.